The Bertz CT molecular complexity index is 1080. The predicted octanol–water partition coefficient (Wildman–Crippen LogP) is 5.65. The van der Waals surface area contributed by atoms with Gasteiger partial charge in [-0.25, -0.2) is 4.39 Å². The van der Waals surface area contributed by atoms with Crippen molar-refractivity contribution in [3.8, 4) is 11.5 Å². The maximum atomic E-state index is 16.0. The number of unbranched alkanes of at least 4 members (excludes halogenated alkanes) is 3. The van der Waals surface area contributed by atoms with Crippen molar-refractivity contribution >= 4 is 28.6 Å². The number of phenols is 2. The first-order chi connectivity index (χ1) is 16.4. The van der Waals surface area contributed by atoms with Crippen molar-refractivity contribution in [2.45, 2.75) is 59.3 Å². The fourth-order valence-electron chi connectivity index (χ4n) is 4.14. The van der Waals surface area contributed by atoms with Crippen LogP contribution in [-0.4, -0.2) is 41.4 Å². The van der Waals surface area contributed by atoms with Gasteiger partial charge in [0.05, 0.1) is 39.3 Å². The predicted molar refractivity (Wildman–Crippen MR) is 133 cm³/mol. The van der Waals surface area contributed by atoms with E-state index in [1.807, 2.05) is 20.8 Å². The number of carbonyl (C=O) groups excluding carboxylic acids is 2. The van der Waals surface area contributed by atoms with Crippen LogP contribution >= 0.6 is 0 Å². The number of aromatic hydroxyl groups is 2. The number of hydrogen-bond donors (Lipinski definition) is 5. The number of rotatable bonds is 12. The van der Waals surface area contributed by atoms with E-state index >= 15 is 4.39 Å². The van der Waals surface area contributed by atoms with Crippen molar-refractivity contribution in [2.24, 2.45) is 0 Å². The highest BCUT2D eigenvalue weighted by molar-refractivity contribution is 6.33. The molecule has 5 N–H and O–H groups in total. The Morgan fingerprint density at radius 1 is 0.647 bits per heavy atom. The van der Waals surface area contributed by atoms with Gasteiger partial charge in [-0.2, -0.15) is 0 Å². The summed E-state index contributed by atoms with van der Waals surface area (Å²) in [4.78, 5) is 27.1. The van der Waals surface area contributed by atoms with Crippen LogP contribution in [0.1, 0.15) is 91.1 Å². The van der Waals surface area contributed by atoms with Crippen LogP contribution in [0.4, 0.5) is 21.5 Å². The fraction of sp³-hybridized carbons (Fsp3) is 0.462. The summed E-state index contributed by atoms with van der Waals surface area (Å²) in [7, 11) is 0. The molecule has 1 aliphatic rings. The molecule has 2 aromatic rings. The Balaban J connectivity index is 2.30. The number of benzene rings is 2. The van der Waals surface area contributed by atoms with Gasteiger partial charge in [0, 0.05) is 19.6 Å². The Morgan fingerprint density at radius 3 is 1.53 bits per heavy atom. The SMILES string of the molecule is CCCCNc1c(F)c2c(c(NCCCC)c1NCCCC)C(=O)c1c(O)ccc(O)c1C2=O. The van der Waals surface area contributed by atoms with Gasteiger partial charge in [-0.1, -0.05) is 40.0 Å². The molecule has 0 unspecified atom stereocenters. The first-order valence-corrected chi connectivity index (χ1v) is 12.1. The summed E-state index contributed by atoms with van der Waals surface area (Å²) in [5, 5.41) is 30.4. The zero-order chi connectivity index (χ0) is 24.8. The van der Waals surface area contributed by atoms with E-state index in [9.17, 15) is 19.8 Å². The molecule has 1 aliphatic carbocycles. The van der Waals surface area contributed by atoms with Gasteiger partial charge in [0.15, 0.2) is 5.82 Å². The number of hydrogen-bond acceptors (Lipinski definition) is 7. The third-order valence-corrected chi connectivity index (χ3v) is 6.00. The van der Waals surface area contributed by atoms with Gasteiger partial charge >= 0.3 is 0 Å². The van der Waals surface area contributed by atoms with Gasteiger partial charge in [-0.15, -0.1) is 0 Å². The Labute approximate surface area is 199 Å². The van der Waals surface area contributed by atoms with E-state index in [4.69, 9.17) is 0 Å². The van der Waals surface area contributed by atoms with E-state index in [2.05, 4.69) is 16.0 Å². The second kappa shape index (κ2) is 11.2. The van der Waals surface area contributed by atoms with Gasteiger partial charge in [-0.3, -0.25) is 9.59 Å². The third-order valence-electron chi connectivity index (χ3n) is 6.00. The van der Waals surface area contributed by atoms with Crippen LogP contribution in [0.3, 0.4) is 0 Å². The lowest BCUT2D eigenvalue weighted by atomic mass is 9.81. The minimum atomic E-state index is -0.835. The van der Waals surface area contributed by atoms with Gasteiger partial charge < -0.3 is 26.2 Å². The summed E-state index contributed by atoms with van der Waals surface area (Å²) < 4.78 is 16.0. The van der Waals surface area contributed by atoms with Crippen molar-refractivity contribution in [3.63, 3.8) is 0 Å². The minimum absolute atomic E-state index is 0.118. The van der Waals surface area contributed by atoms with Crippen molar-refractivity contribution in [2.75, 3.05) is 35.6 Å². The van der Waals surface area contributed by atoms with Crippen LogP contribution < -0.4 is 16.0 Å². The standard InChI is InChI=1S/C26H34FN3O4/c1-4-7-12-28-22-20-19(25(33)17-15(31)10-11-16(32)18(17)26(20)34)21(27)23(29-13-8-5-2)24(22)30-14-9-6-3/h10-11,28-32H,4-9,12-14H2,1-3H3. The summed E-state index contributed by atoms with van der Waals surface area (Å²) >= 11 is 0. The summed E-state index contributed by atoms with van der Waals surface area (Å²) in [5.41, 5.74) is -0.312. The number of ketones is 2. The Hall–Kier alpha value is -3.29. The van der Waals surface area contributed by atoms with E-state index in [-0.39, 0.29) is 22.4 Å². The topological polar surface area (TPSA) is 111 Å². The van der Waals surface area contributed by atoms with Crippen LogP contribution in [0.25, 0.3) is 0 Å². The molecular formula is C26H34FN3O4. The van der Waals surface area contributed by atoms with Gasteiger partial charge in [-0.05, 0) is 31.4 Å². The minimum Gasteiger partial charge on any atom is -0.507 e. The third kappa shape index (κ3) is 4.67. The fourth-order valence-corrected chi connectivity index (χ4v) is 4.14. The highest BCUT2D eigenvalue weighted by Gasteiger charge is 2.40. The van der Waals surface area contributed by atoms with E-state index in [1.54, 1.807) is 0 Å². The molecule has 8 heteroatoms. The molecule has 0 saturated heterocycles. The molecular weight excluding hydrogens is 437 g/mol. The molecule has 0 atom stereocenters. The number of nitrogens with one attached hydrogen (secondary N) is 3. The van der Waals surface area contributed by atoms with Gasteiger partial charge in [0.2, 0.25) is 11.6 Å². The van der Waals surface area contributed by atoms with Crippen LogP contribution in [-0.2, 0) is 0 Å². The highest BCUT2D eigenvalue weighted by atomic mass is 19.1. The first kappa shape index (κ1) is 25.3. The van der Waals surface area contributed by atoms with Crippen molar-refractivity contribution in [1.82, 2.24) is 0 Å². The molecule has 2 aromatic carbocycles. The Kier molecular flexibility index (Phi) is 8.36. The number of fused-ring (bicyclic) bond motifs is 2. The van der Waals surface area contributed by atoms with Crippen molar-refractivity contribution < 1.29 is 24.2 Å². The second-order valence-electron chi connectivity index (χ2n) is 8.54. The molecule has 0 heterocycles. The Morgan fingerprint density at radius 2 is 1.06 bits per heavy atom. The highest BCUT2D eigenvalue weighted by Crippen LogP contribution is 2.46. The van der Waals surface area contributed by atoms with Crippen molar-refractivity contribution in [1.29, 1.82) is 0 Å². The molecule has 3 rings (SSSR count). The van der Waals surface area contributed by atoms with E-state index in [0.717, 1.165) is 50.7 Å². The van der Waals surface area contributed by atoms with Gasteiger partial charge in [0.25, 0.3) is 0 Å². The smallest absolute Gasteiger partial charge is 0.201 e. The number of halogens is 1. The molecule has 0 radical (unpaired) electrons. The molecule has 0 fully saturated rings. The second-order valence-corrected chi connectivity index (χ2v) is 8.54. The zero-order valence-corrected chi connectivity index (χ0v) is 20.1. The molecule has 0 saturated carbocycles. The average molecular weight is 472 g/mol. The molecule has 34 heavy (non-hydrogen) atoms. The molecule has 0 aromatic heterocycles. The molecule has 7 nitrogen and oxygen atoms in total. The zero-order valence-electron chi connectivity index (χ0n) is 20.1. The molecule has 0 spiro atoms. The van der Waals surface area contributed by atoms with Crippen molar-refractivity contribution in [3.05, 3.63) is 40.2 Å². The summed E-state index contributed by atoms with van der Waals surface area (Å²) in [6, 6.07) is 2.29. The molecule has 0 aliphatic heterocycles. The van der Waals surface area contributed by atoms with E-state index < -0.39 is 34.4 Å². The lowest BCUT2D eigenvalue weighted by Gasteiger charge is -2.28. The lowest BCUT2D eigenvalue weighted by Crippen LogP contribution is -2.27. The van der Waals surface area contributed by atoms with E-state index in [0.29, 0.717) is 31.0 Å². The molecule has 184 valence electrons. The largest absolute Gasteiger partial charge is 0.507 e. The number of anilines is 3. The number of phenolic OH excluding ortho intramolecular Hbond substituents is 2. The molecule has 0 amide bonds. The number of carbonyl (C=O) groups is 2. The van der Waals surface area contributed by atoms with Crippen LogP contribution in [0, 0.1) is 5.82 Å². The maximum absolute atomic E-state index is 16.0. The first-order valence-electron chi connectivity index (χ1n) is 12.1. The summed E-state index contributed by atoms with van der Waals surface area (Å²) in [5.74, 6) is -3.26. The van der Waals surface area contributed by atoms with Crippen LogP contribution in [0.15, 0.2) is 12.1 Å². The normalized spacial score (nSPS) is 12.4. The molecule has 0 bridgehead atoms. The average Bonchev–Trinajstić information content (AvgIpc) is 2.81. The quantitative estimate of drug-likeness (QED) is 0.171. The van der Waals surface area contributed by atoms with Crippen LogP contribution in [0.2, 0.25) is 0 Å². The van der Waals surface area contributed by atoms with Crippen LogP contribution in [0.5, 0.6) is 11.5 Å². The monoisotopic (exact) mass is 471 g/mol. The maximum Gasteiger partial charge on any atom is 0.201 e. The summed E-state index contributed by atoms with van der Waals surface area (Å²) in [6.45, 7) is 7.68. The summed E-state index contributed by atoms with van der Waals surface area (Å²) in [6.07, 6.45) is 5.18. The lowest BCUT2D eigenvalue weighted by molar-refractivity contribution is 0.0971. The van der Waals surface area contributed by atoms with E-state index in [1.165, 1.54) is 0 Å². The van der Waals surface area contributed by atoms with Gasteiger partial charge in [0.1, 0.15) is 11.5 Å².